The van der Waals surface area contributed by atoms with E-state index in [2.05, 4.69) is 15.5 Å². The summed E-state index contributed by atoms with van der Waals surface area (Å²) in [7, 11) is 1.52. The van der Waals surface area contributed by atoms with Crippen molar-refractivity contribution in [2.45, 2.75) is 72.6 Å². The van der Waals surface area contributed by atoms with Gasteiger partial charge in [0.25, 0.3) is 0 Å². The first-order valence-corrected chi connectivity index (χ1v) is 10.6. The van der Waals surface area contributed by atoms with E-state index in [4.69, 9.17) is 4.74 Å². The number of nitrogens with one attached hydrogen (secondary N) is 2. The maximum absolute atomic E-state index is 13.0. The van der Waals surface area contributed by atoms with Crippen LogP contribution in [-0.2, 0) is 20.7 Å². The number of carbonyl (C=O) groups is 2. The highest BCUT2D eigenvalue weighted by atomic mass is 16.5. The van der Waals surface area contributed by atoms with E-state index in [1.165, 1.54) is 7.05 Å². The number of rotatable bonds is 4. The van der Waals surface area contributed by atoms with Crippen LogP contribution in [0.4, 0.5) is 5.69 Å². The molecule has 7 heteroatoms. The van der Waals surface area contributed by atoms with E-state index in [1.54, 1.807) is 0 Å². The van der Waals surface area contributed by atoms with Gasteiger partial charge in [-0.15, -0.1) is 0 Å². The summed E-state index contributed by atoms with van der Waals surface area (Å²) in [4.78, 5) is 27.3. The third kappa shape index (κ3) is 4.97. The van der Waals surface area contributed by atoms with Gasteiger partial charge in [0, 0.05) is 12.2 Å². The zero-order valence-electron chi connectivity index (χ0n) is 18.7. The molecule has 0 aromatic heterocycles. The average Bonchev–Trinajstić information content (AvgIpc) is 2.75. The SMILES string of the molecule is CC.CC.CNC(O)NC(=O)C1(C=O)Cc2ccccc2N2C[C@@H](C)O[C@@H](C)C21. The molecular formula is C22H37N3O4. The summed E-state index contributed by atoms with van der Waals surface area (Å²) >= 11 is 0. The number of amides is 1. The van der Waals surface area contributed by atoms with Gasteiger partial charge in [0.2, 0.25) is 5.91 Å². The number of fused-ring (bicyclic) bond motifs is 3. The van der Waals surface area contributed by atoms with Gasteiger partial charge in [-0.25, -0.2) is 0 Å². The normalized spacial score (nSPS) is 28.3. The Bertz CT molecular complexity index is 669. The summed E-state index contributed by atoms with van der Waals surface area (Å²) < 4.78 is 5.95. The van der Waals surface area contributed by atoms with Crippen molar-refractivity contribution in [1.82, 2.24) is 10.6 Å². The molecule has 3 rings (SSSR count). The van der Waals surface area contributed by atoms with Crippen molar-refractivity contribution in [3.63, 3.8) is 0 Å². The van der Waals surface area contributed by atoms with E-state index in [0.29, 0.717) is 12.8 Å². The van der Waals surface area contributed by atoms with Crippen LogP contribution < -0.4 is 15.5 Å². The second kappa shape index (κ2) is 11.3. The second-order valence-corrected chi connectivity index (χ2v) is 6.88. The summed E-state index contributed by atoms with van der Waals surface area (Å²) in [5.41, 5.74) is 0.654. The van der Waals surface area contributed by atoms with Crippen LogP contribution in [0.25, 0.3) is 0 Å². The highest BCUT2D eigenvalue weighted by molar-refractivity contribution is 6.00. The van der Waals surface area contributed by atoms with Crippen molar-refractivity contribution < 1.29 is 19.4 Å². The molecule has 1 aromatic rings. The molecule has 1 saturated heterocycles. The average molecular weight is 408 g/mol. The van der Waals surface area contributed by atoms with Crippen molar-refractivity contribution in [3.8, 4) is 0 Å². The lowest BCUT2D eigenvalue weighted by atomic mass is 9.69. The van der Waals surface area contributed by atoms with Crippen LogP contribution in [0.2, 0.25) is 0 Å². The number of hydrogen-bond donors (Lipinski definition) is 3. The molecule has 3 N–H and O–H groups in total. The van der Waals surface area contributed by atoms with Crippen LogP contribution in [0.5, 0.6) is 0 Å². The van der Waals surface area contributed by atoms with Gasteiger partial charge in [-0.2, -0.15) is 0 Å². The van der Waals surface area contributed by atoms with E-state index in [1.807, 2.05) is 65.8 Å². The highest BCUT2D eigenvalue weighted by Crippen LogP contribution is 2.44. The first-order valence-electron chi connectivity index (χ1n) is 10.6. The lowest BCUT2D eigenvalue weighted by Crippen LogP contribution is -2.69. The molecule has 164 valence electrons. The minimum Gasteiger partial charge on any atom is -0.372 e. The molecule has 0 saturated carbocycles. The standard InChI is InChI=1S/C18H25N3O4.2C2H6/c1-11-9-21-14-7-5-4-6-13(14)8-18(10-22,15(21)12(2)25-11)16(23)20-17(24)19-3;2*1-2/h4-7,10-12,15,17,19,24H,8-9H2,1-3H3,(H,20,23);2*1-2H3/t11-,12+,15?,17?,18?;;/m1../s1. The van der Waals surface area contributed by atoms with Crippen molar-refractivity contribution >= 4 is 17.9 Å². The fourth-order valence-corrected chi connectivity index (χ4v) is 4.14. The monoisotopic (exact) mass is 407 g/mol. The number of para-hydroxylation sites is 1. The number of benzene rings is 1. The van der Waals surface area contributed by atoms with Gasteiger partial charge in [-0.3, -0.25) is 10.1 Å². The fraction of sp³-hybridized carbons (Fsp3) is 0.636. The van der Waals surface area contributed by atoms with E-state index >= 15 is 0 Å². The molecule has 1 amide bonds. The molecule has 2 aliphatic heterocycles. The van der Waals surface area contributed by atoms with Crippen LogP contribution >= 0.6 is 0 Å². The molecule has 2 heterocycles. The lowest BCUT2D eigenvalue weighted by Gasteiger charge is -2.54. The Morgan fingerprint density at radius 2 is 1.90 bits per heavy atom. The first kappa shape index (κ1) is 25.1. The zero-order valence-corrected chi connectivity index (χ0v) is 18.7. The number of nitrogens with zero attached hydrogens (tertiary/aromatic N) is 1. The molecule has 0 radical (unpaired) electrons. The second-order valence-electron chi connectivity index (χ2n) is 6.88. The molecule has 29 heavy (non-hydrogen) atoms. The number of anilines is 1. The van der Waals surface area contributed by atoms with E-state index in [9.17, 15) is 14.7 Å². The summed E-state index contributed by atoms with van der Waals surface area (Å²) in [6.07, 6.45) is -0.534. The molecule has 1 fully saturated rings. The van der Waals surface area contributed by atoms with Gasteiger partial charge in [0.1, 0.15) is 11.7 Å². The number of hydrogen-bond acceptors (Lipinski definition) is 6. The van der Waals surface area contributed by atoms with Crippen LogP contribution in [0, 0.1) is 5.41 Å². The maximum atomic E-state index is 13.0. The fourth-order valence-electron chi connectivity index (χ4n) is 4.14. The van der Waals surface area contributed by atoms with Crippen molar-refractivity contribution in [3.05, 3.63) is 29.8 Å². The number of aldehydes is 1. The Kier molecular flexibility index (Phi) is 9.76. The molecule has 7 nitrogen and oxygen atoms in total. The lowest BCUT2D eigenvalue weighted by molar-refractivity contribution is -0.147. The molecular weight excluding hydrogens is 370 g/mol. The van der Waals surface area contributed by atoms with Crippen molar-refractivity contribution in [2.24, 2.45) is 5.41 Å². The molecule has 3 unspecified atom stereocenters. The van der Waals surface area contributed by atoms with Gasteiger partial charge in [0.15, 0.2) is 6.35 Å². The Morgan fingerprint density at radius 3 is 2.48 bits per heavy atom. The number of aliphatic hydroxyl groups excluding tert-OH is 1. The molecule has 0 bridgehead atoms. The van der Waals surface area contributed by atoms with Crippen molar-refractivity contribution in [2.75, 3.05) is 18.5 Å². The van der Waals surface area contributed by atoms with Gasteiger partial charge >= 0.3 is 0 Å². The Balaban J connectivity index is 0.000000989. The first-order chi connectivity index (χ1) is 13.9. The van der Waals surface area contributed by atoms with Crippen LogP contribution in [0.3, 0.4) is 0 Å². The van der Waals surface area contributed by atoms with E-state index < -0.39 is 23.7 Å². The van der Waals surface area contributed by atoms with Gasteiger partial charge < -0.3 is 24.9 Å². The van der Waals surface area contributed by atoms with Crippen LogP contribution in [0.15, 0.2) is 24.3 Å². The summed E-state index contributed by atoms with van der Waals surface area (Å²) in [6, 6.07) is 7.39. The Morgan fingerprint density at radius 1 is 1.28 bits per heavy atom. The molecule has 5 atom stereocenters. The maximum Gasteiger partial charge on any atom is 0.238 e. The molecule has 2 aliphatic rings. The van der Waals surface area contributed by atoms with Crippen LogP contribution in [0.1, 0.15) is 47.1 Å². The predicted molar refractivity (Wildman–Crippen MR) is 116 cm³/mol. The number of morpholine rings is 1. The molecule has 0 spiro atoms. The van der Waals surface area contributed by atoms with Crippen LogP contribution in [-0.4, -0.2) is 55.5 Å². The number of carbonyl (C=O) groups excluding carboxylic acids is 2. The minimum absolute atomic E-state index is 0.00674. The Labute approximate surface area is 174 Å². The van der Waals surface area contributed by atoms with Crippen molar-refractivity contribution in [1.29, 1.82) is 0 Å². The minimum atomic E-state index is -1.33. The van der Waals surface area contributed by atoms with Gasteiger partial charge in [-0.1, -0.05) is 45.9 Å². The highest BCUT2D eigenvalue weighted by Gasteiger charge is 2.56. The number of aliphatic hydroxyl groups is 1. The van der Waals surface area contributed by atoms with E-state index in [0.717, 1.165) is 11.3 Å². The predicted octanol–water partition coefficient (Wildman–Crippen LogP) is 2.07. The van der Waals surface area contributed by atoms with Gasteiger partial charge in [0.05, 0.1) is 18.2 Å². The largest absolute Gasteiger partial charge is 0.372 e. The third-order valence-electron chi connectivity index (χ3n) is 5.17. The Hall–Kier alpha value is -1.96. The summed E-state index contributed by atoms with van der Waals surface area (Å²) in [5, 5.41) is 14.8. The smallest absolute Gasteiger partial charge is 0.238 e. The zero-order chi connectivity index (χ0) is 22.2. The van der Waals surface area contributed by atoms with Gasteiger partial charge in [-0.05, 0) is 38.9 Å². The summed E-state index contributed by atoms with van der Waals surface area (Å²) in [6.45, 7) is 12.5. The molecule has 0 aliphatic carbocycles. The van der Waals surface area contributed by atoms with E-state index in [-0.39, 0.29) is 18.6 Å². The summed E-state index contributed by atoms with van der Waals surface area (Å²) in [5.74, 6) is -0.501. The number of ether oxygens (including phenoxy) is 1. The quantitative estimate of drug-likeness (QED) is 0.402. The molecule has 1 aromatic carbocycles. The third-order valence-corrected chi connectivity index (χ3v) is 5.17. The topological polar surface area (TPSA) is 90.9 Å².